The number of carboxylic acid groups (broad SMARTS) is 1. The first-order chi connectivity index (χ1) is 5.93. The number of hydrogen-bond donors (Lipinski definition) is 1. The summed E-state index contributed by atoms with van der Waals surface area (Å²) < 4.78 is 36.9. The number of carboxylic acids is 1. The molecule has 2 nitrogen and oxygen atoms in total. The summed E-state index contributed by atoms with van der Waals surface area (Å²) in [5.41, 5.74) is 0. The lowest BCUT2D eigenvalue weighted by Crippen LogP contribution is -2.37. The van der Waals surface area contributed by atoms with E-state index in [-0.39, 0.29) is 12.8 Å². The van der Waals surface area contributed by atoms with Crippen molar-refractivity contribution in [3.8, 4) is 0 Å². The summed E-state index contributed by atoms with van der Waals surface area (Å²) in [5.74, 6) is -4.19. The highest BCUT2D eigenvalue weighted by atomic mass is 19.4. The van der Waals surface area contributed by atoms with Gasteiger partial charge in [0, 0.05) is 0 Å². The zero-order valence-electron chi connectivity index (χ0n) is 6.97. The number of alkyl halides is 3. The summed E-state index contributed by atoms with van der Waals surface area (Å²) in [6, 6.07) is 0. The van der Waals surface area contributed by atoms with Crippen LogP contribution in [0.5, 0.6) is 0 Å². The molecule has 0 amide bonds. The molecule has 13 heavy (non-hydrogen) atoms. The molecule has 0 spiro atoms. The molecular formula is C8H11F3O2. The van der Waals surface area contributed by atoms with Crippen molar-refractivity contribution in [3.05, 3.63) is 0 Å². The normalized spacial score (nSPS) is 30.1. The van der Waals surface area contributed by atoms with Gasteiger partial charge in [-0.1, -0.05) is 12.8 Å². The molecule has 0 bridgehead atoms. The summed E-state index contributed by atoms with van der Waals surface area (Å²) in [5, 5.41) is 8.57. The van der Waals surface area contributed by atoms with Crippen LogP contribution in [0.15, 0.2) is 0 Å². The van der Waals surface area contributed by atoms with Crippen LogP contribution in [0.2, 0.25) is 0 Å². The number of carbonyl (C=O) groups is 1. The van der Waals surface area contributed by atoms with E-state index in [0.717, 1.165) is 0 Å². The van der Waals surface area contributed by atoms with Crippen LogP contribution in [0.3, 0.4) is 0 Å². The van der Waals surface area contributed by atoms with Crippen LogP contribution in [-0.2, 0) is 4.79 Å². The third-order valence-electron chi connectivity index (χ3n) is 2.50. The molecule has 0 aliphatic heterocycles. The van der Waals surface area contributed by atoms with Gasteiger partial charge in [0.15, 0.2) is 0 Å². The molecule has 0 saturated heterocycles. The zero-order valence-corrected chi connectivity index (χ0v) is 6.97. The van der Waals surface area contributed by atoms with Crippen molar-refractivity contribution in [2.45, 2.75) is 31.9 Å². The van der Waals surface area contributed by atoms with Crippen molar-refractivity contribution in [1.82, 2.24) is 0 Å². The topological polar surface area (TPSA) is 37.3 Å². The van der Waals surface area contributed by atoms with Crippen LogP contribution < -0.4 is 0 Å². The van der Waals surface area contributed by atoms with Gasteiger partial charge in [0.25, 0.3) is 0 Å². The Morgan fingerprint density at radius 3 is 2.15 bits per heavy atom. The molecule has 2 atom stereocenters. The third-order valence-corrected chi connectivity index (χ3v) is 2.50. The standard InChI is InChI=1S/C8H11F3O2/c9-8(10,11)6-4-2-1-3-5(6)7(12)13/h5-6H,1-4H2,(H,12,13)/t5-,6+/m0/s1. The second kappa shape index (κ2) is 3.55. The van der Waals surface area contributed by atoms with Crippen LogP contribution >= 0.6 is 0 Å². The lowest BCUT2D eigenvalue weighted by molar-refractivity contribution is -0.203. The number of hydrogen-bond acceptors (Lipinski definition) is 1. The van der Waals surface area contributed by atoms with Gasteiger partial charge in [-0.25, -0.2) is 0 Å². The van der Waals surface area contributed by atoms with E-state index in [1.54, 1.807) is 0 Å². The van der Waals surface area contributed by atoms with E-state index in [2.05, 4.69) is 0 Å². The van der Waals surface area contributed by atoms with Gasteiger partial charge < -0.3 is 5.11 Å². The lowest BCUT2D eigenvalue weighted by atomic mass is 9.79. The number of halogens is 3. The maximum absolute atomic E-state index is 12.3. The summed E-state index contributed by atoms with van der Waals surface area (Å²) in [4.78, 5) is 10.5. The fraction of sp³-hybridized carbons (Fsp3) is 0.875. The van der Waals surface area contributed by atoms with Gasteiger partial charge >= 0.3 is 12.1 Å². The predicted molar refractivity (Wildman–Crippen MR) is 39.1 cm³/mol. The molecule has 1 aliphatic carbocycles. The van der Waals surface area contributed by atoms with E-state index < -0.39 is 24.0 Å². The van der Waals surface area contributed by atoms with E-state index in [9.17, 15) is 18.0 Å². The van der Waals surface area contributed by atoms with Crippen molar-refractivity contribution in [2.75, 3.05) is 0 Å². The minimum absolute atomic E-state index is 0.0412. The van der Waals surface area contributed by atoms with Crippen molar-refractivity contribution in [2.24, 2.45) is 11.8 Å². The molecule has 1 rings (SSSR count). The Labute approximate surface area is 73.7 Å². The first-order valence-corrected chi connectivity index (χ1v) is 4.22. The minimum Gasteiger partial charge on any atom is -0.481 e. The molecule has 0 aromatic heterocycles. The van der Waals surface area contributed by atoms with E-state index in [1.807, 2.05) is 0 Å². The molecule has 0 aromatic rings. The van der Waals surface area contributed by atoms with Gasteiger partial charge in [0.05, 0.1) is 11.8 Å². The molecule has 0 unspecified atom stereocenters. The van der Waals surface area contributed by atoms with Crippen LogP contribution in [0.25, 0.3) is 0 Å². The summed E-state index contributed by atoms with van der Waals surface area (Å²) in [6.45, 7) is 0. The second-order valence-corrected chi connectivity index (χ2v) is 3.38. The highest BCUT2D eigenvalue weighted by Gasteiger charge is 2.48. The van der Waals surface area contributed by atoms with Gasteiger partial charge in [-0.15, -0.1) is 0 Å². The van der Waals surface area contributed by atoms with Crippen molar-refractivity contribution in [1.29, 1.82) is 0 Å². The van der Waals surface area contributed by atoms with Crippen LogP contribution in [0.1, 0.15) is 25.7 Å². The average molecular weight is 196 g/mol. The largest absolute Gasteiger partial charge is 0.481 e. The summed E-state index contributed by atoms with van der Waals surface area (Å²) in [7, 11) is 0. The monoisotopic (exact) mass is 196 g/mol. The van der Waals surface area contributed by atoms with E-state index in [0.29, 0.717) is 12.8 Å². The Kier molecular flexibility index (Phi) is 2.83. The predicted octanol–water partition coefficient (Wildman–Crippen LogP) is 2.44. The fourth-order valence-electron chi connectivity index (χ4n) is 1.82. The van der Waals surface area contributed by atoms with Gasteiger partial charge in [0.1, 0.15) is 0 Å². The molecule has 1 N–H and O–H groups in total. The molecular weight excluding hydrogens is 185 g/mol. The smallest absolute Gasteiger partial charge is 0.392 e. The van der Waals surface area contributed by atoms with Crippen molar-refractivity contribution in [3.63, 3.8) is 0 Å². The molecule has 0 aromatic carbocycles. The highest BCUT2D eigenvalue weighted by molar-refractivity contribution is 5.70. The highest BCUT2D eigenvalue weighted by Crippen LogP contribution is 2.41. The zero-order chi connectivity index (χ0) is 10.1. The number of aliphatic carboxylic acids is 1. The molecule has 5 heteroatoms. The Bertz CT molecular complexity index is 200. The van der Waals surface area contributed by atoms with Crippen molar-refractivity contribution < 1.29 is 23.1 Å². The lowest BCUT2D eigenvalue weighted by Gasteiger charge is -2.29. The van der Waals surface area contributed by atoms with Gasteiger partial charge in [-0.3, -0.25) is 4.79 Å². The molecule has 0 radical (unpaired) electrons. The van der Waals surface area contributed by atoms with E-state index in [1.165, 1.54) is 0 Å². The molecule has 0 heterocycles. The molecule has 1 saturated carbocycles. The van der Waals surface area contributed by atoms with E-state index >= 15 is 0 Å². The Morgan fingerprint density at radius 1 is 1.23 bits per heavy atom. The Balaban J connectivity index is 2.73. The first kappa shape index (κ1) is 10.3. The Hall–Kier alpha value is -0.740. The summed E-state index contributed by atoms with van der Waals surface area (Å²) in [6.07, 6.45) is -3.18. The Morgan fingerprint density at radius 2 is 1.77 bits per heavy atom. The van der Waals surface area contributed by atoms with Gasteiger partial charge in [-0.05, 0) is 12.8 Å². The SMILES string of the molecule is O=C(O)[C@H]1CCCC[C@H]1C(F)(F)F. The minimum atomic E-state index is -4.36. The van der Waals surface area contributed by atoms with Crippen LogP contribution in [-0.4, -0.2) is 17.3 Å². The van der Waals surface area contributed by atoms with Crippen LogP contribution in [0.4, 0.5) is 13.2 Å². The fourth-order valence-corrected chi connectivity index (χ4v) is 1.82. The molecule has 1 fully saturated rings. The average Bonchev–Trinajstić information content (AvgIpc) is 2.03. The van der Waals surface area contributed by atoms with E-state index in [4.69, 9.17) is 5.11 Å². The van der Waals surface area contributed by atoms with Gasteiger partial charge in [-0.2, -0.15) is 13.2 Å². The van der Waals surface area contributed by atoms with Crippen molar-refractivity contribution >= 4 is 5.97 Å². The molecule has 1 aliphatic rings. The third kappa shape index (κ3) is 2.35. The number of rotatable bonds is 1. The maximum atomic E-state index is 12.3. The van der Waals surface area contributed by atoms with Crippen LogP contribution in [0, 0.1) is 11.8 Å². The van der Waals surface area contributed by atoms with Gasteiger partial charge in [0.2, 0.25) is 0 Å². The maximum Gasteiger partial charge on any atom is 0.392 e. The summed E-state index contributed by atoms with van der Waals surface area (Å²) >= 11 is 0. The first-order valence-electron chi connectivity index (χ1n) is 4.22. The molecule has 76 valence electrons. The quantitative estimate of drug-likeness (QED) is 0.699. The second-order valence-electron chi connectivity index (χ2n) is 3.38.